The molecule has 5 nitrogen and oxygen atoms in total. The van der Waals surface area contributed by atoms with E-state index in [9.17, 15) is 9.59 Å². The number of rotatable bonds is 6. The Morgan fingerprint density at radius 3 is 2.39 bits per heavy atom. The molecule has 154 valence electrons. The summed E-state index contributed by atoms with van der Waals surface area (Å²) in [5, 5.41) is 6.83. The third-order valence-corrected chi connectivity index (χ3v) is 6.32. The zero-order valence-corrected chi connectivity index (χ0v) is 17.6. The maximum Gasteiger partial charge on any atom is 0.251 e. The molecule has 0 atom stereocenters. The summed E-state index contributed by atoms with van der Waals surface area (Å²) in [6.07, 6.45) is 2.14. The van der Waals surface area contributed by atoms with E-state index < -0.39 is 0 Å². The predicted molar refractivity (Wildman–Crippen MR) is 123 cm³/mol. The van der Waals surface area contributed by atoms with Crippen LogP contribution >= 0.6 is 11.3 Å². The summed E-state index contributed by atoms with van der Waals surface area (Å²) in [5.41, 5.74) is 4.15. The van der Waals surface area contributed by atoms with Crippen LogP contribution in [0.5, 0.6) is 0 Å². The zero-order valence-electron chi connectivity index (χ0n) is 16.8. The van der Waals surface area contributed by atoms with Crippen LogP contribution in [0.1, 0.15) is 39.1 Å². The van der Waals surface area contributed by atoms with Gasteiger partial charge in [0.15, 0.2) is 0 Å². The van der Waals surface area contributed by atoms with Crippen molar-refractivity contribution in [2.75, 3.05) is 0 Å². The Labute approximate surface area is 184 Å². The van der Waals surface area contributed by atoms with Gasteiger partial charge in [-0.25, -0.2) is 4.98 Å². The molecule has 1 saturated carbocycles. The first-order valence-corrected chi connectivity index (χ1v) is 11.1. The molecule has 1 aliphatic rings. The molecule has 0 aliphatic heterocycles. The maximum atomic E-state index is 12.6. The van der Waals surface area contributed by atoms with Gasteiger partial charge >= 0.3 is 0 Å². The average Bonchev–Trinajstić information content (AvgIpc) is 3.52. The van der Waals surface area contributed by atoms with Crippen molar-refractivity contribution in [2.24, 2.45) is 0 Å². The van der Waals surface area contributed by atoms with Crippen LogP contribution in [0.4, 0.5) is 0 Å². The van der Waals surface area contributed by atoms with E-state index in [4.69, 9.17) is 4.98 Å². The van der Waals surface area contributed by atoms with Gasteiger partial charge in [0.05, 0.1) is 10.2 Å². The number of fused-ring (bicyclic) bond motifs is 1. The lowest BCUT2D eigenvalue weighted by Gasteiger charge is -2.05. The van der Waals surface area contributed by atoms with Crippen molar-refractivity contribution in [3.63, 3.8) is 0 Å². The van der Waals surface area contributed by atoms with E-state index in [1.807, 2.05) is 66.7 Å². The second-order valence-electron chi connectivity index (χ2n) is 7.69. The van der Waals surface area contributed by atoms with Gasteiger partial charge in [0.25, 0.3) is 11.8 Å². The van der Waals surface area contributed by atoms with E-state index in [-0.39, 0.29) is 11.8 Å². The second kappa shape index (κ2) is 8.32. The minimum atomic E-state index is -0.105. The molecule has 31 heavy (non-hydrogen) atoms. The van der Waals surface area contributed by atoms with Crippen molar-refractivity contribution in [2.45, 2.75) is 25.4 Å². The molecule has 1 aromatic heterocycles. The van der Waals surface area contributed by atoms with Crippen molar-refractivity contribution in [1.29, 1.82) is 0 Å². The van der Waals surface area contributed by atoms with E-state index in [1.165, 1.54) is 11.3 Å². The van der Waals surface area contributed by atoms with Crippen LogP contribution < -0.4 is 10.6 Å². The Balaban J connectivity index is 1.30. The van der Waals surface area contributed by atoms with Gasteiger partial charge in [-0.15, -0.1) is 11.3 Å². The molecule has 2 amide bonds. The highest BCUT2D eigenvalue weighted by Crippen LogP contribution is 2.31. The molecule has 1 heterocycles. The Kier molecular flexibility index (Phi) is 5.22. The first-order valence-electron chi connectivity index (χ1n) is 10.3. The molecule has 4 aromatic rings. The van der Waals surface area contributed by atoms with Crippen LogP contribution in [-0.2, 0) is 6.54 Å². The summed E-state index contributed by atoms with van der Waals surface area (Å²) in [6, 6.07) is 23.3. The first-order chi connectivity index (χ1) is 15.2. The molecule has 0 unspecified atom stereocenters. The molecule has 3 aromatic carbocycles. The summed E-state index contributed by atoms with van der Waals surface area (Å²) in [5.74, 6) is -0.128. The number of amides is 2. The van der Waals surface area contributed by atoms with Gasteiger partial charge in [0.2, 0.25) is 0 Å². The number of carbonyl (C=O) groups is 2. The van der Waals surface area contributed by atoms with Gasteiger partial charge in [0, 0.05) is 29.3 Å². The summed E-state index contributed by atoms with van der Waals surface area (Å²) in [7, 11) is 0. The number of aromatic nitrogens is 1. The number of thiazole rings is 1. The van der Waals surface area contributed by atoms with Crippen LogP contribution in [0.3, 0.4) is 0 Å². The minimum Gasteiger partial charge on any atom is -0.349 e. The molecule has 1 aliphatic carbocycles. The predicted octanol–water partition coefficient (Wildman–Crippen LogP) is 4.79. The van der Waals surface area contributed by atoms with Crippen LogP contribution in [0.2, 0.25) is 0 Å². The molecule has 6 heteroatoms. The first kappa shape index (κ1) is 19.5. The summed E-state index contributed by atoms with van der Waals surface area (Å²) in [4.78, 5) is 29.4. The fourth-order valence-electron chi connectivity index (χ4n) is 3.33. The Morgan fingerprint density at radius 2 is 1.65 bits per heavy atom. The monoisotopic (exact) mass is 427 g/mol. The standard InChI is InChI=1S/C25H21N3O2S/c29-23(26-15-16-4-2-1-3-5-16)19-10-13-21-22(14-19)31-25(28-21)18-8-6-17(7-9-18)24(30)27-20-11-12-20/h1-10,13-14,20H,11-12,15H2,(H,26,29)(H,27,30). The summed E-state index contributed by atoms with van der Waals surface area (Å²) < 4.78 is 0.956. The second-order valence-corrected chi connectivity index (χ2v) is 8.73. The van der Waals surface area contributed by atoms with Crippen molar-refractivity contribution < 1.29 is 9.59 Å². The lowest BCUT2D eigenvalue weighted by atomic mass is 10.1. The van der Waals surface area contributed by atoms with Crippen LogP contribution in [-0.4, -0.2) is 22.8 Å². The Morgan fingerprint density at radius 1 is 0.903 bits per heavy atom. The fraction of sp³-hybridized carbons (Fsp3) is 0.160. The highest BCUT2D eigenvalue weighted by molar-refractivity contribution is 7.21. The minimum absolute atomic E-state index is 0.0236. The van der Waals surface area contributed by atoms with E-state index in [2.05, 4.69) is 10.6 Å². The van der Waals surface area contributed by atoms with Crippen molar-refractivity contribution in [3.8, 4) is 10.6 Å². The lowest BCUT2D eigenvalue weighted by molar-refractivity contribution is 0.0943. The molecule has 1 fully saturated rings. The largest absolute Gasteiger partial charge is 0.349 e. The van der Waals surface area contributed by atoms with Gasteiger partial charge in [-0.1, -0.05) is 42.5 Å². The summed E-state index contributed by atoms with van der Waals surface area (Å²) >= 11 is 1.54. The van der Waals surface area contributed by atoms with Crippen molar-refractivity contribution in [1.82, 2.24) is 15.6 Å². The third-order valence-electron chi connectivity index (χ3n) is 5.25. The van der Waals surface area contributed by atoms with Gasteiger partial charge in [0.1, 0.15) is 5.01 Å². The normalized spacial score (nSPS) is 13.2. The van der Waals surface area contributed by atoms with Gasteiger partial charge in [-0.2, -0.15) is 0 Å². The number of hydrogen-bond donors (Lipinski definition) is 2. The highest BCUT2D eigenvalue weighted by atomic mass is 32.1. The van der Waals surface area contributed by atoms with E-state index >= 15 is 0 Å². The molecule has 0 saturated heterocycles. The number of nitrogens with zero attached hydrogens (tertiary/aromatic N) is 1. The molecule has 2 N–H and O–H groups in total. The van der Waals surface area contributed by atoms with Gasteiger partial charge in [-0.05, 0) is 48.7 Å². The highest BCUT2D eigenvalue weighted by Gasteiger charge is 2.23. The van der Waals surface area contributed by atoms with Crippen molar-refractivity contribution >= 4 is 33.4 Å². The maximum absolute atomic E-state index is 12.6. The van der Waals surface area contributed by atoms with Crippen LogP contribution in [0, 0.1) is 0 Å². The summed E-state index contributed by atoms with van der Waals surface area (Å²) in [6.45, 7) is 0.492. The van der Waals surface area contributed by atoms with Crippen LogP contribution in [0.15, 0.2) is 72.8 Å². The SMILES string of the molecule is O=C(NCc1ccccc1)c1ccc2nc(-c3ccc(C(=O)NC4CC4)cc3)sc2c1. The quantitative estimate of drug-likeness (QED) is 0.465. The smallest absolute Gasteiger partial charge is 0.251 e. The van der Waals surface area contributed by atoms with E-state index in [0.29, 0.717) is 23.7 Å². The molecule has 0 spiro atoms. The molecular weight excluding hydrogens is 406 g/mol. The van der Waals surface area contributed by atoms with Crippen molar-refractivity contribution in [3.05, 3.63) is 89.5 Å². The van der Waals surface area contributed by atoms with E-state index in [0.717, 1.165) is 39.2 Å². The van der Waals surface area contributed by atoms with Crippen LogP contribution in [0.25, 0.3) is 20.8 Å². The Hall–Kier alpha value is -3.51. The lowest BCUT2D eigenvalue weighted by Crippen LogP contribution is -2.25. The zero-order chi connectivity index (χ0) is 21.2. The molecular formula is C25H21N3O2S. The third kappa shape index (κ3) is 4.49. The average molecular weight is 428 g/mol. The van der Waals surface area contributed by atoms with Gasteiger partial charge < -0.3 is 10.6 Å². The van der Waals surface area contributed by atoms with E-state index in [1.54, 1.807) is 6.07 Å². The fourth-order valence-corrected chi connectivity index (χ4v) is 4.34. The number of nitrogens with one attached hydrogen (secondary N) is 2. The number of benzene rings is 3. The molecule has 0 radical (unpaired) electrons. The topological polar surface area (TPSA) is 71.1 Å². The Bertz CT molecular complexity index is 1250. The van der Waals surface area contributed by atoms with Gasteiger partial charge in [-0.3, -0.25) is 9.59 Å². The molecule has 5 rings (SSSR count). The number of carbonyl (C=O) groups excluding carboxylic acids is 2. The number of hydrogen-bond acceptors (Lipinski definition) is 4. The molecule has 0 bridgehead atoms.